The molecule has 0 amide bonds. The maximum atomic E-state index is 3.89. The number of thiophene rings is 1. The van der Waals surface area contributed by atoms with Crippen LogP contribution in [0.3, 0.4) is 0 Å². The average Bonchev–Trinajstić information content (AvgIpc) is 2.88. The van der Waals surface area contributed by atoms with Crippen LogP contribution in [-0.4, -0.2) is 35.8 Å². The Kier molecular flexibility index (Phi) is 5.08. The summed E-state index contributed by atoms with van der Waals surface area (Å²) < 4.78 is 1.53. The van der Waals surface area contributed by atoms with Gasteiger partial charge in [0.1, 0.15) is 0 Å². The number of hydrogen-bond acceptors (Lipinski definition) is 4. The van der Waals surface area contributed by atoms with E-state index in [4.69, 9.17) is 0 Å². The number of nitrogens with one attached hydrogen (secondary N) is 1. The lowest BCUT2D eigenvalue weighted by atomic mass is 10.0. The van der Waals surface area contributed by atoms with E-state index < -0.39 is 0 Å². The van der Waals surface area contributed by atoms with E-state index >= 15 is 0 Å². The van der Waals surface area contributed by atoms with Crippen molar-refractivity contribution in [2.24, 2.45) is 0 Å². The van der Waals surface area contributed by atoms with Crippen molar-refractivity contribution in [2.45, 2.75) is 61.1 Å². The van der Waals surface area contributed by atoms with E-state index in [9.17, 15) is 0 Å². The molecule has 0 aromatic carbocycles. The van der Waals surface area contributed by atoms with Crippen LogP contribution in [0, 0.1) is 0 Å². The molecule has 1 N–H and O–H groups in total. The summed E-state index contributed by atoms with van der Waals surface area (Å²) in [5.74, 6) is 0. The summed E-state index contributed by atoms with van der Waals surface area (Å²) in [7, 11) is 0. The molecule has 1 aromatic heterocycles. The van der Waals surface area contributed by atoms with Crippen molar-refractivity contribution in [3.8, 4) is 0 Å². The molecule has 1 saturated heterocycles. The number of likely N-dealkylation sites (tertiary alicyclic amines) is 1. The van der Waals surface area contributed by atoms with Crippen molar-refractivity contribution in [1.29, 1.82) is 0 Å². The minimum atomic E-state index is 0.562. The molecule has 0 bridgehead atoms. The molecule has 3 atom stereocenters. The Morgan fingerprint density at radius 2 is 2.15 bits per heavy atom. The molecule has 4 heteroatoms. The summed E-state index contributed by atoms with van der Waals surface area (Å²) in [5, 5.41) is 6.88. The normalized spacial score (nSPS) is 29.1. The van der Waals surface area contributed by atoms with Crippen LogP contribution in [0.1, 0.15) is 51.1 Å². The second-order valence-electron chi connectivity index (χ2n) is 6.31. The van der Waals surface area contributed by atoms with Crippen molar-refractivity contribution in [3.63, 3.8) is 0 Å². The zero-order valence-corrected chi connectivity index (χ0v) is 14.2. The Bertz CT molecular complexity index is 426. The zero-order chi connectivity index (χ0) is 13.9. The van der Waals surface area contributed by atoms with Gasteiger partial charge in [0.15, 0.2) is 0 Å². The van der Waals surface area contributed by atoms with Gasteiger partial charge in [-0.3, -0.25) is 0 Å². The van der Waals surface area contributed by atoms with Crippen LogP contribution in [0.4, 0.5) is 0 Å². The monoisotopic (exact) mass is 310 g/mol. The molecule has 0 saturated carbocycles. The first kappa shape index (κ1) is 14.9. The van der Waals surface area contributed by atoms with Gasteiger partial charge < -0.3 is 10.2 Å². The SMILES string of the molecule is CC(CN1CCCCC1)NC1C[C@H](C)Sc2sccc21. The number of fused-ring (bicyclic) bond motifs is 1. The van der Waals surface area contributed by atoms with Gasteiger partial charge in [0.2, 0.25) is 0 Å². The maximum Gasteiger partial charge on any atom is 0.0649 e. The lowest BCUT2D eigenvalue weighted by Gasteiger charge is -2.33. The highest BCUT2D eigenvalue weighted by atomic mass is 32.2. The van der Waals surface area contributed by atoms with E-state index in [1.54, 1.807) is 5.56 Å². The van der Waals surface area contributed by atoms with E-state index in [1.807, 2.05) is 11.3 Å². The summed E-state index contributed by atoms with van der Waals surface area (Å²) in [6, 6.07) is 3.47. The van der Waals surface area contributed by atoms with E-state index in [0.29, 0.717) is 12.1 Å². The molecule has 112 valence electrons. The summed E-state index contributed by atoms with van der Waals surface area (Å²) in [6.45, 7) is 8.52. The fraction of sp³-hybridized carbons (Fsp3) is 0.750. The van der Waals surface area contributed by atoms with Gasteiger partial charge in [-0.1, -0.05) is 13.3 Å². The minimum absolute atomic E-state index is 0.562. The van der Waals surface area contributed by atoms with Crippen molar-refractivity contribution in [3.05, 3.63) is 17.0 Å². The van der Waals surface area contributed by atoms with Gasteiger partial charge >= 0.3 is 0 Å². The predicted octanol–water partition coefficient (Wildman–Crippen LogP) is 4.14. The van der Waals surface area contributed by atoms with Gasteiger partial charge in [-0.25, -0.2) is 0 Å². The van der Waals surface area contributed by atoms with Gasteiger partial charge in [-0.05, 0) is 56.3 Å². The molecule has 1 fully saturated rings. The first-order valence-electron chi connectivity index (χ1n) is 7.95. The number of hydrogen-bond donors (Lipinski definition) is 1. The van der Waals surface area contributed by atoms with Gasteiger partial charge in [-0.2, -0.15) is 0 Å². The van der Waals surface area contributed by atoms with Gasteiger partial charge in [0, 0.05) is 23.9 Å². The molecular formula is C16H26N2S2. The van der Waals surface area contributed by atoms with Crippen molar-refractivity contribution in [1.82, 2.24) is 10.2 Å². The number of nitrogens with zero attached hydrogens (tertiary/aromatic N) is 1. The third-order valence-corrected chi connectivity index (χ3v) is 6.72. The lowest BCUT2D eigenvalue weighted by Crippen LogP contribution is -2.43. The number of thioether (sulfide) groups is 1. The summed E-state index contributed by atoms with van der Waals surface area (Å²) in [5.41, 5.74) is 1.54. The summed E-state index contributed by atoms with van der Waals surface area (Å²) in [4.78, 5) is 2.64. The van der Waals surface area contributed by atoms with Crippen molar-refractivity contribution >= 4 is 23.1 Å². The fourth-order valence-electron chi connectivity index (χ4n) is 3.43. The fourth-order valence-corrected chi connectivity index (χ4v) is 6.00. The summed E-state index contributed by atoms with van der Waals surface area (Å²) in [6.07, 6.45) is 5.46. The van der Waals surface area contributed by atoms with Crippen molar-refractivity contribution in [2.75, 3.05) is 19.6 Å². The Morgan fingerprint density at radius 1 is 1.35 bits per heavy atom. The van der Waals surface area contributed by atoms with Crippen LogP contribution in [0.5, 0.6) is 0 Å². The standard InChI is InChI=1S/C16H26N2S2/c1-12(11-18-7-4-3-5-8-18)17-15-10-13(2)20-16-14(15)6-9-19-16/h6,9,12-13,15,17H,3-5,7-8,10-11H2,1-2H3/t12?,13-,15?/m0/s1. The molecule has 0 radical (unpaired) electrons. The molecule has 0 spiro atoms. The van der Waals surface area contributed by atoms with E-state index in [0.717, 1.165) is 5.25 Å². The molecule has 2 aliphatic rings. The second kappa shape index (κ2) is 6.82. The number of piperidine rings is 1. The summed E-state index contributed by atoms with van der Waals surface area (Å²) >= 11 is 3.96. The second-order valence-corrected chi connectivity index (χ2v) is 8.93. The third kappa shape index (κ3) is 3.59. The van der Waals surface area contributed by atoms with Gasteiger partial charge in [-0.15, -0.1) is 23.1 Å². The largest absolute Gasteiger partial charge is 0.306 e. The quantitative estimate of drug-likeness (QED) is 0.900. The highest BCUT2D eigenvalue weighted by molar-refractivity contribution is 8.01. The molecule has 0 aliphatic carbocycles. The topological polar surface area (TPSA) is 15.3 Å². The van der Waals surface area contributed by atoms with Crippen LogP contribution >= 0.6 is 23.1 Å². The van der Waals surface area contributed by atoms with Gasteiger partial charge in [0.05, 0.1) is 4.21 Å². The first-order valence-corrected chi connectivity index (χ1v) is 9.71. The van der Waals surface area contributed by atoms with Crippen molar-refractivity contribution < 1.29 is 0 Å². The van der Waals surface area contributed by atoms with Crippen LogP contribution in [0.2, 0.25) is 0 Å². The lowest BCUT2D eigenvalue weighted by molar-refractivity contribution is 0.203. The minimum Gasteiger partial charge on any atom is -0.306 e. The highest BCUT2D eigenvalue weighted by Gasteiger charge is 2.27. The molecule has 2 aliphatic heterocycles. The van der Waals surface area contributed by atoms with E-state index in [1.165, 1.54) is 49.5 Å². The maximum absolute atomic E-state index is 3.89. The Morgan fingerprint density at radius 3 is 2.95 bits per heavy atom. The predicted molar refractivity (Wildman–Crippen MR) is 89.9 cm³/mol. The smallest absolute Gasteiger partial charge is 0.0649 e. The van der Waals surface area contributed by atoms with Crippen LogP contribution in [-0.2, 0) is 0 Å². The Balaban J connectivity index is 1.57. The number of rotatable bonds is 4. The molecule has 3 rings (SSSR count). The Labute approximate surface area is 131 Å². The van der Waals surface area contributed by atoms with Gasteiger partial charge in [0.25, 0.3) is 0 Å². The highest BCUT2D eigenvalue weighted by Crippen LogP contribution is 2.43. The van der Waals surface area contributed by atoms with Crippen LogP contribution in [0.25, 0.3) is 0 Å². The molecular weight excluding hydrogens is 284 g/mol. The van der Waals surface area contributed by atoms with Crippen LogP contribution in [0.15, 0.2) is 15.7 Å². The first-order chi connectivity index (χ1) is 9.72. The third-order valence-electron chi connectivity index (χ3n) is 4.38. The molecule has 2 unspecified atom stereocenters. The Hall–Kier alpha value is -0.0300. The molecule has 3 heterocycles. The molecule has 2 nitrogen and oxygen atoms in total. The average molecular weight is 311 g/mol. The molecule has 1 aromatic rings. The van der Waals surface area contributed by atoms with E-state index in [-0.39, 0.29) is 0 Å². The van der Waals surface area contributed by atoms with E-state index in [2.05, 4.69) is 47.3 Å². The molecule has 20 heavy (non-hydrogen) atoms. The zero-order valence-electron chi connectivity index (χ0n) is 12.6. The van der Waals surface area contributed by atoms with Crippen LogP contribution < -0.4 is 5.32 Å².